The van der Waals surface area contributed by atoms with E-state index in [1.54, 1.807) is 12.4 Å². The highest BCUT2D eigenvalue weighted by atomic mass is 32.1. The highest BCUT2D eigenvalue weighted by Gasteiger charge is 2.11. The van der Waals surface area contributed by atoms with Gasteiger partial charge in [0.15, 0.2) is 0 Å². The predicted molar refractivity (Wildman–Crippen MR) is 61.4 cm³/mol. The molecule has 0 aromatic carbocycles. The lowest BCUT2D eigenvalue weighted by Gasteiger charge is -1.95. The summed E-state index contributed by atoms with van der Waals surface area (Å²) < 4.78 is 0. The Hall–Kier alpha value is -1.75. The van der Waals surface area contributed by atoms with E-state index in [1.807, 2.05) is 19.1 Å². The zero-order valence-electron chi connectivity index (χ0n) is 8.67. The standard InChI is InChI=1S/C11H10N2O2S/c1-7-11(8-3-2-4-12-6-8)16-9(13-7)5-10(14)15/h2-4,6H,5H2,1H3,(H,14,15). The summed E-state index contributed by atoms with van der Waals surface area (Å²) in [6, 6.07) is 3.80. The lowest BCUT2D eigenvalue weighted by Crippen LogP contribution is -1.98. The van der Waals surface area contributed by atoms with E-state index in [-0.39, 0.29) is 6.42 Å². The Bertz CT molecular complexity index is 508. The number of carboxylic acid groups (broad SMARTS) is 1. The van der Waals surface area contributed by atoms with E-state index in [4.69, 9.17) is 5.11 Å². The summed E-state index contributed by atoms with van der Waals surface area (Å²) in [6.45, 7) is 1.88. The second-order valence-electron chi connectivity index (χ2n) is 3.33. The molecule has 82 valence electrons. The Balaban J connectivity index is 2.36. The van der Waals surface area contributed by atoms with Gasteiger partial charge >= 0.3 is 5.97 Å². The molecule has 1 N–H and O–H groups in total. The molecule has 0 aliphatic heterocycles. The molecule has 0 spiro atoms. The summed E-state index contributed by atoms with van der Waals surface area (Å²) >= 11 is 1.41. The van der Waals surface area contributed by atoms with E-state index in [1.165, 1.54) is 11.3 Å². The van der Waals surface area contributed by atoms with Crippen molar-refractivity contribution < 1.29 is 9.90 Å². The molecule has 2 aromatic heterocycles. The summed E-state index contributed by atoms with van der Waals surface area (Å²) in [6.07, 6.45) is 3.44. The third-order valence-corrected chi connectivity index (χ3v) is 3.27. The maximum Gasteiger partial charge on any atom is 0.310 e. The maximum atomic E-state index is 10.6. The number of hydrogen-bond acceptors (Lipinski definition) is 4. The van der Waals surface area contributed by atoms with Crippen molar-refractivity contribution in [2.45, 2.75) is 13.3 Å². The number of carboxylic acids is 1. The molecular weight excluding hydrogens is 224 g/mol. The highest BCUT2D eigenvalue weighted by Crippen LogP contribution is 2.29. The average Bonchev–Trinajstić information content (AvgIpc) is 2.60. The van der Waals surface area contributed by atoms with E-state index in [0.29, 0.717) is 5.01 Å². The van der Waals surface area contributed by atoms with Crippen LogP contribution in [0.4, 0.5) is 0 Å². The van der Waals surface area contributed by atoms with Crippen LogP contribution < -0.4 is 0 Å². The van der Waals surface area contributed by atoms with Crippen molar-refractivity contribution in [1.82, 2.24) is 9.97 Å². The largest absolute Gasteiger partial charge is 0.481 e. The Labute approximate surface area is 96.6 Å². The smallest absolute Gasteiger partial charge is 0.310 e. The van der Waals surface area contributed by atoms with Crippen molar-refractivity contribution in [2.24, 2.45) is 0 Å². The molecule has 0 aliphatic carbocycles. The number of rotatable bonds is 3. The summed E-state index contributed by atoms with van der Waals surface area (Å²) in [4.78, 5) is 19.8. The van der Waals surface area contributed by atoms with Gasteiger partial charge in [-0.05, 0) is 13.0 Å². The molecule has 0 radical (unpaired) electrons. The zero-order valence-corrected chi connectivity index (χ0v) is 9.49. The monoisotopic (exact) mass is 234 g/mol. The van der Waals surface area contributed by atoms with Gasteiger partial charge in [-0.25, -0.2) is 4.98 Å². The van der Waals surface area contributed by atoms with Crippen LogP contribution in [0.25, 0.3) is 10.4 Å². The summed E-state index contributed by atoms with van der Waals surface area (Å²) in [5, 5.41) is 9.32. The van der Waals surface area contributed by atoms with Crippen LogP contribution in [0.15, 0.2) is 24.5 Å². The molecule has 0 bridgehead atoms. The Morgan fingerprint density at radius 1 is 1.56 bits per heavy atom. The second kappa shape index (κ2) is 4.40. The molecule has 0 unspecified atom stereocenters. The predicted octanol–water partition coefficient (Wildman–Crippen LogP) is 2.14. The van der Waals surface area contributed by atoms with Gasteiger partial charge in [0.1, 0.15) is 5.01 Å². The number of aliphatic carboxylic acids is 1. The molecule has 0 saturated heterocycles. The molecule has 0 amide bonds. The molecule has 16 heavy (non-hydrogen) atoms. The minimum absolute atomic E-state index is 0.0221. The second-order valence-corrected chi connectivity index (χ2v) is 4.42. The first-order chi connectivity index (χ1) is 7.66. The number of nitrogens with zero attached hydrogens (tertiary/aromatic N) is 2. The van der Waals surface area contributed by atoms with Crippen LogP contribution in [0, 0.1) is 6.92 Å². The van der Waals surface area contributed by atoms with Gasteiger partial charge < -0.3 is 5.11 Å². The molecule has 4 nitrogen and oxygen atoms in total. The fourth-order valence-electron chi connectivity index (χ4n) is 1.42. The number of aromatic nitrogens is 2. The van der Waals surface area contributed by atoms with Crippen molar-refractivity contribution in [3.05, 3.63) is 35.2 Å². The van der Waals surface area contributed by atoms with Crippen molar-refractivity contribution >= 4 is 17.3 Å². The van der Waals surface area contributed by atoms with E-state index in [2.05, 4.69) is 9.97 Å². The van der Waals surface area contributed by atoms with Crippen LogP contribution in [0.5, 0.6) is 0 Å². The van der Waals surface area contributed by atoms with Crippen LogP contribution in [-0.4, -0.2) is 21.0 Å². The lowest BCUT2D eigenvalue weighted by molar-refractivity contribution is -0.136. The quantitative estimate of drug-likeness (QED) is 0.883. The van der Waals surface area contributed by atoms with Gasteiger partial charge in [-0.3, -0.25) is 9.78 Å². The number of aryl methyl sites for hydroxylation is 1. The lowest BCUT2D eigenvalue weighted by atomic mass is 10.2. The van der Waals surface area contributed by atoms with E-state index in [0.717, 1.165) is 16.1 Å². The van der Waals surface area contributed by atoms with Crippen molar-refractivity contribution in [3.63, 3.8) is 0 Å². The Morgan fingerprint density at radius 2 is 2.38 bits per heavy atom. The van der Waals surface area contributed by atoms with Crippen LogP contribution in [-0.2, 0) is 11.2 Å². The maximum absolute atomic E-state index is 10.6. The summed E-state index contributed by atoms with van der Waals surface area (Å²) in [5.74, 6) is -0.855. The van der Waals surface area contributed by atoms with Crippen LogP contribution >= 0.6 is 11.3 Å². The number of hydrogen-bond donors (Lipinski definition) is 1. The first-order valence-electron chi connectivity index (χ1n) is 4.75. The van der Waals surface area contributed by atoms with E-state index < -0.39 is 5.97 Å². The number of carbonyl (C=O) groups is 1. The molecule has 2 rings (SSSR count). The average molecular weight is 234 g/mol. The van der Waals surface area contributed by atoms with Gasteiger partial charge in [0, 0.05) is 18.0 Å². The SMILES string of the molecule is Cc1nc(CC(=O)O)sc1-c1cccnc1. The van der Waals surface area contributed by atoms with Crippen molar-refractivity contribution in [1.29, 1.82) is 0 Å². The van der Waals surface area contributed by atoms with Gasteiger partial charge in [-0.2, -0.15) is 0 Å². The van der Waals surface area contributed by atoms with E-state index in [9.17, 15) is 4.79 Å². The van der Waals surface area contributed by atoms with Gasteiger partial charge in [-0.15, -0.1) is 11.3 Å². The first-order valence-corrected chi connectivity index (χ1v) is 5.57. The summed E-state index contributed by atoms with van der Waals surface area (Å²) in [5.41, 5.74) is 1.84. The normalized spacial score (nSPS) is 10.3. The van der Waals surface area contributed by atoms with Gasteiger partial charge in [0.05, 0.1) is 17.0 Å². The number of thiazole rings is 1. The zero-order chi connectivity index (χ0) is 11.5. The molecule has 0 fully saturated rings. The highest BCUT2D eigenvalue weighted by molar-refractivity contribution is 7.15. The molecule has 2 heterocycles. The van der Waals surface area contributed by atoms with Crippen LogP contribution in [0.3, 0.4) is 0 Å². The fraction of sp³-hybridized carbons (Fsp3) is 0.182. The summed E-state index contributed by atoms with van der Waals surface area (Å²) in [7, 11) is 0. The van der Waals surface area contributed by atoms with Gasteiger partial charge in [0.25, 0.3) is 0 Å². The fourth-order valence-corrected chi connectivity index (χ4v) is 2.47. The minimum atomic E-state index is -0.855. The minimum Gasteiger partial charge on any atom is -0.481 e. The van der Waals surface area contributed by atoms with E-state index >= 15 is 0 Å². The Morgan fingerprint density at radius 3 is 3.00 bits per heavy atom. The van der Waals surface area contributed by atoms with Crippen molar-refractivity contribution in [2.75, 3.05) is 0 Å². The Kier molecular flexibility index (Phi) is 2.96. The van der Waals surface area contributed by atoms with Crippen LogP contribution in [0.2, 0.25) is 0 Å². The third kappa shape index (κ3) is 2.25. The molecule has 0 atom stereocenters. The molecule has 2 aromatic rings. The number of pyridine rings is 1. The van der Waals surface area contributed by atoms with Gasteiger partial charge in [0.2, 0.25) is 0 Å². The third-order valence-electron chi connectivity index (χ3n) is 2.07. The van der Waals surface area contributed by atoms with Gasteiger partial charge in [-0.1, -0.05) is 6.07 Å². The molecule has 0 saturated carbocycles. The topological polar surface area (TPSA) is 63.1 Å². The first kappa shape index (κ1) is 10.8. The van der Waals surface area contributed by atoms with Crippen molar-refractivity contribution in [3.8, 4) is 10.4 Å². The molecule has 5 heteroatoms. The van der Waals surface area contributed by atoms with Crippen LogP contribution in [0.1, 0.15) is 10.7 Å². The molecule has 0 aliphatic rings. The molecular formula is C11H10N2O2S.